The lowest BCUT2D eigenvalue weighted by Crippen LogP contribution is -2.15. The second kappa shape index (κ2) is 9.19. The number of nitro benzene ring substituents is 1. The topological polar surface area (TPSA) is 98.5 Å². The molecule has 0 aliphatic heterocycles. The molecule has 3 rings (SSSR count). The van der Waals surface area contributed by atoms with Gasteiger partial charge in [-0.2, -0.15) is 0 Å². The van der Waals surface area contributed by atoms with Gasteiger partial charge in [0, 0.05) is 27.8 Å². The van der Waals surface area contributed by atoms with Crippen LogP contribution in [0.3, 0.4) is 0 Å². The fourth-order valence-electron chi connectivity index (χ4n) is 2.83. The molecule has 0 fully saturated rings. The Morgan fingerprint density at radius 3 is 2.43 bits per heavy atom. The maximum atomic E-state index is 12.9. The maximum absolute atomic E-state index is 12.9. The lowest BCUT2D eigenvalue weighted by atomic mass is 10.0. The minimum atomic E-state index is -0.617. The maximum Gasteiger partial charge on any atom is 0.311 e. The van der Waals surface area contributed by atoms with E-state index in [9.17, 15) is 19.7 Å². The zero-order chi connectivity index (χ0) is 21.7. The lowest BCUT2D eigenvalue weighted by molar-refractivity contribution is -0.385. The van der Waals surface area contributed by atoms with Crippen LogP contribution in [0.25, 0.3) is 0 Å². The van der Waals surface area contributed by atoms with Crippen LogP contribution in [0.15, 0.2) is 66.7 Å². The van der Waals surface area contributed by atoms with E-state index in [0.717, 1.165) is 6.07 Å². The third-order valence-corrected chi connectivity index (χ3v) is 4.46. The summed E-state index contributed by atoms with van der Waals surface area (Å²) in [7, 11) is 0. The van der Waals surface area contributed by atoms with Crippen LogP contribution < -0.4 is 10.1 Å². The number of amides is 1. The second-order valence-corrected chi connectivity index (χ2v) is 6.65. The highest BCUT2D eigenvalue weighted by Gasteiger charge is 2.21. The van der Waals surface area contributed by atoms with E-state index in [0.29, 0.717) is 10.6 Å². The van der Waals surface area contributed by atoms with Gasteiger partial charge in [-0.3, -0.25) is 19.7 Å². The van der Waals surface area contributed by atoms with Crippen molar-refractivity contribution >= 4 is 34.7 Å². The summed E-state index contributed by atoms with van der Waals surface area (Å²) in [5.41, 5.74) is 0.628. The molecular formula is C22H17ClN2O5. The van der Waals surface area contributed by atoms with Gasteiger partial charge in [0.2, 0.25) is 0 Å². The molecule has 0 radical (unpaired) electrons. The van der Waals surface area contributed by atoms with Crippen molar-refractivity contribution in [2.75, 3.05) is 11.9 Å². The number of carbonyl (C=O) groups is 2. The van der Waals surface area contributed by atoms with E-state index in [1.54, 1.807) is 43.3 Å². The van der Waals surface area contributed by atoms with E-state index in [-0.39, 0.29) is 40.6 Å². The van der Waals surface area contributed by atoms with Gasteiger partial charge in [-0.25, -0.2) is 0 Å². The number of benzene rings is 3. The minimum absolute atomic E-state index is 0.0539. The first-order valence-corrected chi connectivity index (χ1v) is 9.40. The van der Waals surface area contributed by atoms with Gasteiger partial charge in [0.25, 0.3) is 5.91 Å². The Hall–Kier alpha value is -3.71. The summed E-state index contributed by atoms with van der Waals surface area (Å²) in [5.74, 6) is -0.845. The van der Waals surface area contributed by atoms with Gasteiger partial charge in [0.1, 0.15) is 0 Å². The molecule has 7 nitrogen and oxygen atoms in total. The van der Waals surface area contributed by atoms with E-state index in [4.69, 9.17) is 16.3 Å². The highest BCUT2D eigenvalue weighted by atomic mass is 35.5. The van der Waals surface area contributed by atoms with Gasteiger partial charge < -0.3 is 10.1 Å². The molecule has 3 aromatic rings. The van der Waals surface area contributed by atoms with Gasteiger partial charge in [0.15, 0.2) is 11.5 Å². The van der Waals surface area contributed by atoms with Crippen LogP contribution in [-0.2, 0) is 0 Å². The highest BCUT2D eigenvalue weighted by Crippen LogP contribution is 2.29. The predicted octanol–water partition coefficient (Wildman–Crippen LogP) is 5.13. The molecule has 0 heterocycles. The molecule has 0 aliphatic carbocycles. The zero-order valence-corrected chi connectivity index (χ0v) is 16.7. The van der Waals surface area contributed by atoms with E-state index in [1.165, 1.54) is 24.3 Å². The lowest BCUT2D eigenvalue weighted by Gasteiger charge is -2.12. The summed E-state index contributed by atoms with van der Waals surface area (Å²) in [6.07, 6.45) is 0. The molecule has 0 saturated carbocycles. The van der Waals surface area contributed by atoms with Crippen LogP contribution >= 0.6 is 11.6 Å². The fourth-order valence-corrected chi connectivity index (χ4v) is 3.00. The van der Waals surface area contributed by atoms with Crippen LogP contribution in [0.5, 0.6) is 5.75 Å². The van der Waals surface area contributed by atoms with E-state index in [1.807, 2.05) is 0 Å². The molecule has 152 valence electrons. The number of hydrogen-bond acceptors (Lipinski definition) is 5. The molecule has 0 aromatic heterocycles. The third kappa shape index (κ3) is 4.64. The number of ether oxygens (including phenoxy) is 1. The molecule has 0 saturated heterocycles. The summed E-state index contributed by atoms with van der Waals surface area (Å²) in [6.45, 7) is 1.96. The van der Waals surface area contributed by atoms with E-state index < -0.39 is 10.8 Å². The summed E-state index contributed by atoms with van der Waals surface area (Å²) in [5, 5.41) is 14.3. The molecule has 0 atom stereocenters. The second-order valence-electron chi connectivity index (χ2n) is 6.21. The summed E-state index contributed by atoms with van der Waals surface area (Å²) >= 11 is 6.05. The summed E-state index contributed by atoms with van der Waals surface area (Å²) < 4.78 is 5.23. The van der Waals surface area contributed by atoms with Crippen molar-refractivity contribution in [2.24, 2.45) is 0 Å². The molecular weight excluding hydrogens is 408 g/mol. The normalized spacial score (nSPS) is 10.3. The molecule has 0 spiro atoms. The molecule has 3 aromatic carbocycles. The van der Waals surface area contributed by atoms with E-state index in [2.05, 4.69) is 5.32 Å². The molecule has 8 heteroatoms. The van der Waals surface area contributed by atoms with E-state index >= 15 is 0 Å². The Morgan fingerprint density at radius 1 is 1.03 bits per heavy atom. The van der Waals surface area contributed by atoms with Crippen molar-refractivity contribution in [1.82, 2.24) is 0 Å². The smallest absolute Gasteiger partial charge is 0.311 e. The number of ketones is 1. The number of carbonyl (C=O) groups excluding carboxylic acids is 2. The monoisotopic (exact) mass is 424 g/mol. The molecule has 1 amide bonds. The quantitative estimate of drug-likeness (QED) is 0.322. The molecule has 1 N–H and O–H groups in total. The van der Waals surface area contributed by atoms with Gasteiger partial charge in [0.05, 0.1) is 17.2 Å². The Kier molecular flexibility index (Phi) is 6.44. The van der Waals surface area contributed by atoms with Crippen LogP contribution in [0.2, 0.25) is 5.02 Å². The van der Waals surface area contributed by atoms with Crippen LogP contribution in [-0.4, -0.2) is 23.2 Å². The van der Waals surface area contributed by atoms with Crippen molar-refractivity contribution in [2.45, 2.75) is 6.92 Å². The first-order valence-electron chi connectivity index (χ1n) is 9.02. The van der Waals surface area contributed by atoms with Crippen LogP contribution in [0.1, 0.15) is 33.2 Å². The largest absolute Gasteiger partial charge is 0.487 e. The number of nitrogens with one attached hydrogen (secondary N) is 1. The Bertz CT molecular complexity index is 1120. The number of rotatable bonds is 7. The zero-order valence-electron chi connectivity index (χ0n) is 15.9. The highest BCUT2D eigenvalue weighted by molar-refractivity contribution is 6.31. The van der Waals surface area contributed by atoms with Gasteiger partial charge in [-0.1, -0.05) is 41.9 Å². The average molecular weight is 425 g/mol. The van der Waals surface area contributed by atoms with Gasteiger partial charge >= 0.3 is 5.69 Å². The Balaban J connectivity index is 1.93. The van der Waals surface area contributed by atoms with Crippen molar-refractivity contribution < 1.29 is 19.2 Å². The standard InChI is InChI=1S/C22H17ClN2O5/c1-2-30-20-11-8-15(12-19(20)25(28)29)22(27)24-18-10-9-16(23)13-17(18)21(26)14-6-4-3-5-7-14/h3-13H,2H2,1H3,(H,24,27). The molecule has 30 heavy (non-hydrogen) atoms. The van der Waals surface area contributed by atoms with Crippen LogP contribution in [0.4, 0.5) is 11.4 Å². The number of anilines is 1. The Morgan fingerprint density at radius 2 is 1.77 bits per heavy atom. The summed E-state index contributed by atoms with van der Waals surface area (Å²) in [6, 6.07) is 17.0. The van der Waals surface area contributed by atoms with Crippen molar-refractivity contribution in [3.63, 3.8) is 0 Å². The number of nitro groups is 1. The van der Waals surface area contributed by atoms with Crippen LogP contribution in [0, 0.1) is 10.1 Å². The first-order chi connectivity index (χ1) is 14.4. The number of halogens is 1. The van der Waals surface area contributed by atoms with Gasteiger partial charge in [-0.15, -0.1) is 0 Å². The van der Waals surface area contributed by atoms with Crippen molar-refractivity contribution in [3.8, 4) is 5.75 Å². The Labute approximate surface area is 177 Å². The fraction of sp³-hybridized carbons (Fsp3) is 0.0909. The predicted molar refractivity (Wildman–Crippen MR) is 114 cm³/mol. The third-order valence-electron chi connectivity index (χ3n) is 4.23. The molecule has 0 bridgehead atoms. The summed E-state index contributed by atoms with van der Waals surface area (Å²) in [4.78, 5) is 36.3. The number of nitrogens with zero attached hydrogens (tertiary/aromatic N) is 1. The van der Waals surface area contributed by atoms with Crippen molar-refractivity contribution in [3.05, 3.63) is 98.6 Å². The number of hydrogen-bond donors (Lipinski definition) is 1. The van der Waals surface area contributed by atoms with Gasteiger partial charge in [-0.05, 0) is 37.3 Å². The minimum Gasteiger partial charge on any atom is -0.487 e. The average Bonchev–Trinajstić information content (AvgIpc) is 2.75. The first kappa shape index (κ1) is 21.0. The van der Waals surface area contributed by atoms with Crippen molar-refractivity contribution in [1.29, 1.82) is 0 Å². The SMILES string of the molecule is CCOc1ccc(C(=O)Nc2ccc(Cl)cc2C(=O)c2ccccc2)cc1[N+](=O)[O-]. The molecule has 0 unspecified atom stereocenters. The molecule has 0 aliphatic rings.